The lowest BCUT2D eigenvalue weighted by molar-refractivity contribution is -0.140. The number of aromatic amines is 2. The van der Waals surface area contributed by atoms with Gasteiger partial charge in [0.2, 0.25) is 5.91 Å². The molecule has 7 heterocycles. The van der Waals surface area contributed by atoms with Gasteiger partial charge in [0.1, 0.15) is 41.1 Å². The third-order valence-electron chi connectivity index (χ3n) is 11.6. The van der Waals surface area contributed by atoms with Crippen LogP contribution in [-0.4, -0.2) is 109 Å². The van der Waals surface area contributed by atoms with E-state index in [1.807, 2.05) is 48.8 Å². The van der Waals surface area contributed by atoms with E-state index in [-0.39, 0.29) is 31.2 Å². The van der Waals surface area contributed by atoms with Crippen molar-refractivity contribution in [1.29, 1.82) is 0 Å². The van der Waals surface area contributed by atoms with Crippen molar-refractivity contribution in [1.82, 2.24) is 40.5 Å². The summed E-state index contributed by atoms with van der Waals surface area (Å²) in [5.74, 6) is 1.02. The second-order valence-corrected chi connectivity index (χ2v) is 16.5. The highest BCUT2D eigenvalue weighted by molar-refractivity contribution is 6.30. The van der Waals surface area contributed by atoms with E-state index in [1.165, 1.54) is 12.7 Å². The fourth-order valence-electron chi connectivity index (χ4n) is 7.91. The van der Waals surface area contributed by atoms with Crippen LogP contribution in [0.2, 0.25) is 10.0 Å². The molecule has 1 spiro atoms. The highest BCUT2D eigenvalue weighted by atomic mass is 35.5. The molecule has 3 fully saturated rings. The van der Waals surface area contributed by atoms with E-state index < -0.39 is 23.1 Å². The number of fused-ring (bicyclic) bond motifs is 2. The molecule has 0 aliphatic carbocycles. The van der Waals surface area contributed by atoms with Gasteiger partial charge in [0.25, 0.3) is 0 Å². The number of benzene rings is 2. The van der Waals surface area contributed by atoms with Crippen molar-refractivity contribution in [2.24, 2.45) is 11.5 Å². The highest BCUT2D eigenvalue weighted by Crippen LogP contribution is 2.33. The molecule has 20 heteroatoms. The summed E-state index contributed by atoms with van der Waals surface area (Å²) >= 11 is 11.7. The third kappa shape index (κ3) is 10.5. The highest BCUT2D eigenvalue weighted by Gasteiger charge is 2.50. The van der Waals surface area contributed by atoms with Crippen molar-refractivity contribution in [3.63, 3.8) is 0 Å². The van der Waals surface area contributed by atoms with E-state index in [9.17, 15) is 19.5 Å². The number of H-pyrrole nitrogens is 2. The van der Waals surface area contributed by atoms with Crippen LogP contribution in [0.3, 0.4) is 0 Å². The van der Waals surface area contributed by atoms with Crippen molar-refractivity contribution in [2.45, 2.75) is 61.7 Å². The first-order valence-corrected chi connectivity index (χ1v) is 21.4. The van der Waals surface area contributed by atoms with Gasteiger partial charge in [0.15, 0.2) is 0 Å². The van der Waals surface area contributed by atoms with Crippen molar-refractivity contribution in [3.05, 3.63) is 107 Å². The Morgan fingerprint density at radius 2 is 1.24 bits per heavy atom. The van der Waals surface area contributed by atoms with Gasteiger partial charge in [-0.1, -0.05) is 47.5 Å². The van der Waals surface area contributed by atoms with Gasteiger partial charge in [-0.2, -0.15) is 0 Å². The van der Waals surface area contributed by atoms with Crippen LogP contribution >= 0.6 is 23.2 Å². The number of aliphatic hydroxyl groups excluding tert-OH is 2. The Kier molecular flexibility index (Phi) is 14.4. The number of cyclic esters (lactones) is 2. The minimum absolute atomic E-state index is 0.0424. The number of amides is 2. The number of halogens is 2. The first-order valence-electron chi connectivity index (χ1n) is 20.6. The smallest absolute Gasteiger partial charge is 0.396 e. The van der Waals surface area contributed by atoms with Crippen molar-refractivity contribution in [3.8, 4) is 0 Å². The number of piperidine rings is 2. The molecule has 0 bridgehead atoms. The summed E-state index contributed by atoms with van der Waals surface area (Å²) < 4.78 is 4.62. The monoisotopic (exact) mass is 900 g/mol. The van der Waals surface area contributed by atoms with E-state index in [0.29, 0.717) is 74.7 Å². The lowest BCUT2D eigenvalue weighted by atomic mass is 9.87. The fraction of sp³-hybridized carbons (Fsp3) is 0.372. The minimum atomic E-state index is -0.971. The van der Waals surface area contributed by atoms with Crippen LogP contribution in [0.25, 0.3) is 22.1 Å². The number of ether oxygens (including phenoxy) is 1. The summed E-state index contributed by atoms with van der Waals surface area (Å²) in [5, 5.41) is 27.0. The van der Waals surface area contributed by atoms with Crippen molar-refractivity contribution < 1.29 is 29.3 Å². The Morgan fingerprint density at radius 3 is 1.71 bits per heavy atom. The number of esters is 1. The number of hydrogen-bond acceptors (Lipinski definition) is 14. The molecule has 2 atom stereocenters. The molecular formula is C43H50Cl2N12O6. The number of carbonyl (C=O) groups excluding carboxylic acids is 3. The molecule has 10 N–H and O–H groups in total. The van der Waals surface area contributed by atoms with Gasteiger partial charge in [-0.15, -0.1) is 0 Å². The Hall–Kier alpha value is -5.89. The number of alkyl carbamates (subject to hydrolysis) is 1. The minimum Gasteiger partial charge on any atom is -0.396 e. The second-order valence-electron chi connectivity index (χ2n) is 15.6. The zero-order valence-corrected chi connectivity index (χ0v) is 35.9. The molecule has 3 aliphatic heterocycles. The summed E-state index contributed by atoms with van der Waals surface area (Å²) in [4.78, 5) is 63.7. The molecule has 0 radical (unpaired) electrons. The fourth-order valence-corrected chi connectivity index (χ4v) is 8.17. The van der Waals surface area contributed by atoms with E-state index in [2.05, 4.69) is 55.1 Å². The van der Waals surface area contributed by atoms with Gasteiger partial charge in [0.05, 0.1) is 22.4 Å². The number of hydrogen-bond donors (Lipinski definition) is 8. The third-order valence-corrected chi connectivity index (χ3v) is 12.1. The maximum Gasteiger partial charge on any atom is 0.415 e. The van der Waals surface area contributed by atoms with Gasteiger partial charge in [-0.25, -0.2) is 29.5 Å². The van der Waals surface area contributed by atoms with Gasteiger partial charge < -0.3 is 56.8 Å². The number of anilines is 2. The average Bonchev–Trinajstić information content (AvgIpc) is 4.04. The Bertz CT molecular complexity index is 2490. The van der Waals surface area contributed by atoms with E-state index in [4.69, 9.17) is 39.8 Å². The summed E-state index contributed by atoms with van der Waals surface area (Å²) in [6.07, 6.45) is 9.08. The van der Waals surface area contributed by atoms with Gasteiger partial charge in [-0.3, -0.25) is 4.79 Å². The molecule has 63 heavy (non-hydrogen) atoms. The molecule has 332 valence electrons. The van der Waals surface area contributed by atoms with Crippen LogP contribution in [0, 0.1) is 0 Å². The molecule has 2 amide bonds. The maximum absolute atomic E-state index is 13.1. The standard InChI is InChI=1S/C21H25ClN6O2.C13H13N5O3.C9H12ClNO/c22-15-3-1-14(2-4-15)17(6-12-29)27-20(30)21(23)7-10-28(11-8-21)19-16-5-9-24-18(16)25-13-26-19;19-11-13(17-12(20)21-11)2-5-18(6-3-13)10-8-1-4-14-9(8)15-7-16-10;10-8-3-1-7(2-4-8)9(11)5-6-12/h1-5,9,13,17,29H,6-8,10-12,23H2,(H,27,30)(H,24,25,26);1,4,7H,2-3,5-6H2,(H,17,20)(H,14,15,16);1-4,9,12H,5-6,11H2/t17-;;9-/m0.0/s1. The average molecular weight is 902 g/mol. The first kappa shape index (κ1) is 45.1. The zero-order valence-electron chi connectivity index (χ0n) is 34.3. The van der Waals surface area contributed by atoms with E-state index in [0.717, 1.165) is 44.8 Å². The van der Waals surface area contributed by atoms with Crippen LogP contribution in [0.5, 0.6) is 0 Å². The molecule has 0 unspecified atom stereocenters. The number of nitrogens with zero attached hydrogens (tertiary/aromatic N) is 6. The SMILES string of the molecule is NC1(C(=O)N[C@@H](CCO)c2ccc(Cl)cc2)CCN(c2ncnc3[nH]ccc23)CC1.N[C@@H](CCO)c1ccc(Cl)cc1.O=C1NC2(CCN(c3ncnc4[nH]ccc34)CC2)C(=O)O1. The largest absolute Gasteiger partial charge is 0.415 e. The van der Waals surface area contributed by atoms with Crippen molar-refractivity contribution in [2.75, 3.05) is 49.2 Å². The number of aliphatic hydroxyl groups is 2. The summed E-state index contributed by atoms with van der Waals surface area (Å²) in [6, 6.07) is 18.1. The van der Waals surface area contributed by atoms with Crippen LogP contribution in [0.4, 0.5) is 16.4 Å². The maximum atomic E-state index is 13.1. The van der Waals surface area contributed by atoms with Gasteiger partial charge >= 0.3 is 12.1 Å². The molecule has 18 nitrogen and oxygen atoms in total. The second kappa shape index (κ2) is 20.1. The summed E-state index contributed by atoms with van der Waals surface area (Å²) in [6.45, 7) is 2.54. The van der Waals surface area contributed by atoms with Crippen LogP contribution in [0.1, 0.15) is 61.7 Å². The lowest BCUT2D eigenvalue weighted by Gasteiger charge is -2.39. The van der Waals surface area contributed by atoms with Crippen LogP contribution < -0.4 is 31.9 Å². The Balaban J connectivity index is 0.000000156. The van der Waals surface area contributed by atoms with Gasteiger partial charge in [-0.05, 0) is 86.1 Å². The quantitative estimate of drug-likeness (QED) is 0.0699. The molecule has 0 saturated carbocycles. The lowest BCUT2D eigenvalue weighted by Crippen LogP contribution is -2.60. The topological polar surface area (TPSA) is 267 Å². The number of rotatable bonds is 10. The zero-order chi connectivity index (χ0) is 44.6. The normalized spacial score (nSPS) is 17.6. The van der Waals surface area contributed by atoms with Crippen LogP contribution in [0.15, 0.2) is 85.7 Å². The molecule has 3 saturated heterocycles. The summed E-state index contributed by atoms with van der Waals surface area (Å²) in [5.41, 5.74) is 13.9. The molecule has 2 aromatic carbocycles. The van der Waals surface area contributed by atoms with E-state index in [1.54, 1.807) is 24.3 Å². The Labute approximate surface area is 372 Å². The molecule has 4 aromatic heterocycles. The predicted molar refractivity (Wildman–Crippen MR) is 239 cm³/mol. The van der Waals surface area contributed by atoms with Crippen LogP contribution in [-0.2, 0) is 14.3 Å². The molecule has 6 aromatic rings. The molecular weight excluding hydrogens is 851 g/mol. The number of nitrogens with two attached hydrogens (primary N) is 2. The number of nitrogens with one attached hydrogen (secondary N) is 4. The molecule has 9 rings (SSSR count). The van der Waals surface area contributed by atoms with Crippen molar-refractivity contribution >= 4 is 74.9 Å². The predicted octanol–water partition coefficient (Wildman–Crippen LogP) is 4.43. The van der Waals surface area contributed by atoms with E-state index >= 15 is 0 Å². The first-order chi connectivity index (χ1) is 30.4. The number of carbonyl (C=O) groups is 3. The molecule has 3 aliphatic rings. The number of aromatic nitrogens is 6. The Morgan fingerprint density at radius 1 is 0.746 bits per heavy atom. The summed E-state index contributed by atoms with van der Waals surface area (Å²) in [7, 11) is 0. The van der Waals surface area contributed by atoms with Gasteiger partial charge in [0, 0.05) is 67.9 Å².